The molecule has 1 saturated heterocycles. The Morgan fingerprint density at radius 2 is 1.87 bits per heavy atom. The molecule has 5 rings (SSSR count). The second-order valence-electron chi connectivity index (χ2n) is 13.6. The molecule has 3 N–H and O–H groups in total. The molecule has 1 aliphatic carbocycles. The maximum absolute atomic E-state index is 14.2. The smallest absolute Gasteiger partial charge is 0.408 e. The molecule has 0 unspecified atom stereocenters. The number of nitrogens with one attached hydrogen (secondary N) is 3. The van der Waals surface area contributed by atoms with Gasteiger partial charge in [-0.05, 0) is 64.0 Å². The standard InChI is InChI=1S/C33H43N5O8S/c1-32(2,3)46-31(42)35-25-15-9-7-5-6-8-13-22-19-33(22,30(41)37-47(4,43)44)36-27(39)26-18-23(20-38(26)29(25)40)45-28-24-14-11-10-12-21(24)16-17-34-28/h8,10-14,16-17,22-23,25-26H,5-7,9,15,18-20H2,1-4H3,(H,35,42)(H,36,39)(H,37,41)/b13-8-/t22-,23-,25+,26+,33-/m1/s1. The van der Waals surface area contributed by atoms with Crippen LogP contribution >= 0.6 is 0 Å². The van der Waals surface area contributed by atoms with Crippen LogP contribution in [0.4, 0.5) is 4.79 Å². The Morgan fingerprint density at radius 3 is 2.62 bits per heavy atom. The van der Waals surface area contributed by atoms with Gasteiger partial charge in [-0.2, -0.15) is 0 Å². The molecule has 1 aromatic heterocycles. The molecule has 14 heteroatoms. The third-order valence-corrected chi connectivity index (χ3v) is 9.09. The van der Waals surface area contributed by atoms with Crippen molar-refractivity contribution in [3.05, 3.63) is 48.7 Å². The summed E-state index contributed by atoms with van der Waals surface area (Å²) in [5, 5.41) is 7.21. The number of hydrogen-bond acceptors (Lipinski definition) is 9. The summed E-state index contributed by atoms with van der Waals surface area (Å²) in [6, 6.07) is 7.35. The Bertz CT molecular complexity index is 1670. The number of fused-ring (bicyclic) bond motifs is 3. The molecule has 1 aromatic carbocycles. The fourth-order valence-electron chi connectivity index (χ4n) is 6.22. The highest BCUT2D eigenvalue weighted by Crippen LogP contribution is 2.45. The van der Waals surface area contributed by atoms with Gasteiger partial charge in [0.25, 0.3) is 5.91 Å². The van der Waals surface area contributed by atoms with Crippen molar-refractivity contribution in [1.82, 2.24) is 25.2 Å². The Hall–Kier alpha value is -4.20. The van der Waals surface area contributed by atoms with Crippen LogP contribution < -0.4 is 20.1 Å². The quantitative estimate of drug-likeness (QED) is 0.405. The van der Waals surface area contributed by atoms with Crippen LogP contribution in [0.3, 0.4) is 0 Å². The van der Waals surface area contributed by atoms with E-state index in [1.807, 2.05) is 47.2 Å². The largest absolute Gasteiger partial charge is 0.472 e. The normalized spacial score (nSPS) is 27.7. The average molecular weight is 670 g/mol. The zero-order valence-electron chi connectivity index (χ0n) is 27.2. The summed E-state index contributed by atoms with van der Waals surface area (Å²) < 4.78 is 37.8. The summed E-state index contributed by atoms with van der Waals surface area (Å²) >= 11 is 0. The molecule has 0 radical (unpaired) electrons. The van der Waals surface area contributed by atoms with Crippen molar-refractivity contribution in [2.24, 2.45) is 5.92 Å². The van der Waals surface area contributed by atoms with Crippen molar-refractivity contribution in [3.8, 4) is 5.88 Å². The molecule has 2 aliphatic heterocycles. The number of allylic oxidation sites excluding steroid dienone is 1. The first-order chi connectivity index (χ1) is 22.1. The van der Waals surface area contributed by atoms with Gasteiger partial charge in [-0.15, -0.1) is 0 Å². The number of carbonyl (C=O) groups is 4. The average Bonchev–Trinajstić information content (AvgIpc) is 3.51. The maximum Gasteiger partial charge on any atom is 0.408 e. The van der Waals surface area contributed by atoms with Crippen LogP contribution in [0.25, 0.3) is 10.8 Å². The fraction of sp³-hybridized carbons (Fsp3) is 0.545. The number of hydrogen-bond donors (Lipinski definition) is 3. The third kappa shape index (κ3) is 8.40. The maximum atomic E-state index is 14.2. The molecule has 254 valence electrons. The van der Waals surface area contributed by atoms with Gasteiger partial charge in [-0.25, -0.2) is 18.2 Å². The Kier molecular flexibility index (Phi) is 9.81. The number of nitrogens with zero attached hydrogens (tertiary/aromatic N) is 2. The molecular formula is C33H43N5O8S. The van der Waals surface area contributed by atoms with E-state index < -0.39 is 69.1 Å². The van der Waals surface area contributed by atoms with Crippen LogP contribution in [-0.4, -0.2) is 84.2 Å². The molecule has 0 bridgehead atoms. The third-order valence-electron chi connectivity index (χ3n) is 8.53. The van der Waals surface area contributed by atoms with Crippen molar-refractivity contribution in [2.75, 3.05) is 12.8 Å². The Morgan fingerprint density at radius 1 is 1.11 bits per heavy atom. The first-order valence-corrected chi connectivity index (χ1v) is 17.9. The van der Waals surface area contributed by atoms with Crippen molar-refractivity contribution in [3.63, 3.8) is 0 Å². The second kappa shape index (κ2) is 13.5. The molecule has 1 saturated carbocycles. The van der Waals surface area contributed by atoms with Crippen LogP contribution in [-0.2, 0) is 29.1 Å². The van der Waals surface area contributed by atoms with Crippen LogP contribution in [0.15, 0.2) is 48.7 Å². The van der Waals surface area contributed by atoms with E-state index in [-0.39, 0.29) is 19.4 Å². The summed E-state index contributed by atoms with van der Waals surface area (Å²) in [5.74, 6) is -2.01. The number of carbonyl (C=O) groups excluding carboxylic acids is 4. The molecule has 0 spiro atoms. The van der Waals surface area contributed by atoms with Gasteiger partial charge in [0.15, 0.2) is 0 Å². The van der Waals surface area contributed by atoms with E-state index in [1.54, 1.807) is 27.0 Å². The molecule has 47 heavy (non-hydrogen) atoms. The number of benzene rings is 1. The number of sulfonamides is 1. The number of amides is 4. The van der Waals surface area contributed by atoms with E-state index in [2.05, 4.69) is 15.6 Å². The SMILES string of the molecule is CC(C)(C)OC(=O)N[C@H]1CCCCC/C=C\[C@@H]2C[C@@]2(C(=O)NS(C)(=O)=O)NC(=O)[C@@H]2C[C@@H](Oc3nccc4ccccc34)CN2C1=O. The molecule has 3 aliphatic rings. The van der Waals surface area contributed by atoms with Crippen LogP contribution in [0.5, 0.6) is 5.88 Å². The lowest BCUT2D eigenvalue weighted by Gasteiger charge is -2.30. The molecule has 5 atom stereocenters. The lowest BCUT2D eigenvalue weighted by Crippen LogP contribution is -2.58. The summed E-state index contributed by atoms with van der Waals surface area (Å²) in [5.41, 5.74) is -2.28. The molecule has 13 nitrogen and oxygen atoms in total. The van der Waals surface area contributed by atoms with Gasteiger partial charge >= 0.3 is 6.09 Å². The van der Waals surface area contributed by atoms with Gasteiger partial charge in [0.1, 0.15) is 29.3 Å². The monoisotopic (exact) mass is 669 g/mol. The van der Waals surface area contributed by atoms with E-state index in [1.165, 1.54) is 4.90 Å². The summed E-state index contributed by atoms with van der Waals surface area (Å²) in [6.07, 6.45) is 8.37. The van der Waals surface area contributed by atoms with E-state index in [4.69, 9.17) is 9.47 Å². The van der Waals surface area contributed by atoms with Gasteiger partial charge in [-0.1, -0.05) is 43.2 Å². The number of alkyl carbamates (subject to hydrolysis) is 1. The minimum absolute atomic E-state index is 0.0141. The molecule has 2 fully saturated rings. The van der Waals surface area contributed by atoms with Crippen LogP contribution in [0.2, 0.25) is 0 Å². The van der Waals surface area contributed by atoms with Crippen molar-refractivity contribution in [2.45, 2.75) is 95.0 Å². The number of aromatic nitrogens is 1. The topological polar surface area (TPSA) is 173 Å². The van der Waals surface area contributed by atoms with Crippen LogP contribution in [0, 0.1) is 5.92 Å². The summed E-state index contributed by atoms with van der Waals surface area (Å²) in [4.78, 5) is 60.2. The zero-order chi connectivity index (χ0) is 34.0. The van der Waals surface area contributed by atoms with Crippen molar-refractivity contribution in [1.29, 1.82) is 0 Å². The fourth-order valence-corrected chi connectivity index (χ4v) is 6.74. The first kappa shape index (κ1) is 34.1. The Labute approximate surface area is 274 Å². The lowest BCUT2D eigenvalue weighted by atomic mass is 10.0. The summed E-state index contributed by atoms with van der Waals surface area (Å²) in [6.45, 7) is 5.19. The van der Waals surface area contributed by atoms with E-state index >= 15 is 0 Å². The van der Waals surface area contributed by atoms with Gasteiger partial charge < -0.3 is 25.0 Å². The van der Waals surface area contributed by atoms with Gasteiger partial charge in [0.05, 0.1) is 12.8 Å². The van der Waals surface area contributed by atoms with E-state index in [9.17, 15) is 27.6 Å². The second-order valence-corrected chi connectivity index (χ2v) is 15.3. The predicted molar refractivity (Wildman–Crippen MR) is 174 cm³/mol. The van der Waals surface area contributed by atoms with Gasteiger partial charge in [0, 0.05) is 23.9 Å². The molecule has 4 amide bonds. The number of ether oxygens (including phenoxy) is 2. The Balaban J connectivity index is 1.47. The van der Waals surface area contributed by atoms with Gasteiger partial charge in [-0.3, -0.25) is 19.1 Å². The van der Waals surface area contributed by atoms with Gasteiger partial charge in [0.2, 0.25) is 27.7 Å². The minimum Gasteiger partial charge on any atom is -0.472 e. The van der Waals surface area contributed by atoms with E-state index in [0.717, 1.165) is 29.9 Å². The predicted octanol–water partition coefficient (Wildman–Crippen LogP) is 2.95. The number of pyridine rings is 1. The minimum atomic E-state index is -3.91. The highest BCUT2D eigenvalue weighted by atomic mass is 32.2. The molecule has 2 aromatic rings. The first-order valence-electron chi connectivity index (χ1n) is 16.0. The highest BCUT2D eigenvalue weighted by Gasteiger charge is 2.61. The number of rotatable bonds is 5. The highest BCUT2D eigenvalue weighted by molar-refractivity contribution is 7.89. The van der Waals surface area contributed by atoms with E-state index in [0.29, 0.717) is 25.1 Å². The van der Waals surface area contributed by atoms with Crippen LogP contribution in [0.1, 0.15) is 65.7 Å². The molecular weight excluding hydrogens is 626 g/mol. The summed E-state index contributed by atoms with van der Waals surface area (Å²) in [7, 11) is -3.91. The van der Waals surface area contributed by atoms with Crippen molar-refractivity contribution < 1.29 is 37.1 Å². The van der Waals surface area contributed by atoms with Crippen molar-refractivity contribution >= 4 is 44.6 Å². The molecule has 3 heterocycles. The lowest BCUT2D eigenvalue weighted by molar-refractivity contribution is -0.141. The zero-order valence-corrected chi connectivity index (χ0v) is 28.0.